The van der Waals surface area contributed by atoms with Crippen LogP contribution >= 0.6 is 24.0 Å². The number of aliphatic imine (C=N–C) groups is 1. The van der Waals surface area contributed by atoms with Crippen molar-refractivity contribution in [2.45, 2.75) is 50.6 Å². The molecule has 1 aliphatic heterocycles. The Morgan fingerprint density at radius 2 is 1.86 bits per heavy atom. The van der Waals surface area contributed by atoms with Crippen LogP contribution in [0.4, 0.5) is 5.69 Å². The summed E-state index contributed by atoms with van der Waals surface area (Å²) in [5.41, 5.74) is 0.915. The van der Waals surface area contributed by atoms with Crippen LogP contribution in [0.25, 0.3) is 0 Å². The van der Waals surface area contributed by atoms with Gasteiger partial charge in [0.15, 0.2) is 5.96 Å². The standard InChI is InChI=1S/C20H29N5O2.HI/c1-21-20(22-12-11-18(26)23-15-7-5-6-8-15)24-16-13-19(27)25(14-16)17-9-3-2-4-10-17;/h2-4,9-10,15-16H,5-8,11-14H2,1H3,(H,23,26)(H2,21,22,24);1H. The molecule has 2 fully saturated rings. The first-order valence-corrected chi connectivity index (χ1v) is 9.77. The van der Waals surface area contributed by atoms with E-state index >= 15 is 0 Å². The molecule has 154 valence electrons. The summed E-state index contributed by atoms with van der Waals surface area (Å²) in [7, 11) is 1.69. The number of hydrogen-bond acceptors (Lipinski definition) is 3. The quantitative estimate of drug-likeness (QED) is 0.318. The van der Waals surface area contributed by atoms with Gasteiger partial charge in [-0.3, -0.25) is 14.6 Å². The molecule has 0 radical (unpaired) electrons. The van der Waals surface area contributed by atoms with Gasteiger partial charge in [0, 0.05) is 44.7 Å². The van der Waals surface area contributed by atoms with Gasteiger partial charge >= 0.3 is 0 Å². The lowest BCUT2D eigenvalue weighted by Crippen LogP contribution is -2.45. The van der Waals surface area contributed by atoms with E-state index in [4.69, 9.17) is 0 Å². The molecule has 3 N–H and O–H groups in total. The molecule has 7 nitrogen and oxygen atoms in total. The third kappa shape index (κ3) is 6.35. The van der Waals surface area contributed by atoms with Crippen molar-refractivity contribution in [1.29, 1.82) is 0 Å². The molecule has 0 aromatic heterocycles. The molecule has 1 saturated heterocycles. The summed E-state index contributed by atoms with van der Waals surface area (Å²) in [5.74, 6) is 0.803. The summed E-state index contributed by atoms with van der Waals surface area (Å²) in [6.07, 6.45) is 5.44. The summed E-state index contributed by atoms with van der Waals surface area (Å²) in [5, 5.41) is 9.54. The van der Waals surface area contributed by atoms with Crippen LogP contribution in [0.5, 0.6) is 0 Å². The fourth-order valence-corrected chi connectivity index (χ4v) is 3.71. The number of carbonyl (C=O) groups excluding carboxylic acids is 2. The van der Waals surface area contributed by atoms with Crippen molar-refractivity contribution in [3.8, 4) is 0 Å². The summed E-state index contributed by atoms with van der Waals surface area (Å²) in [4.78, 5) is 30.3. The van der Waals surface area contributed by atoms with E-state index in [0.717, 1.165) is 18.5 Å². The smallest absolute Gasteiger partial charge is 0.229 e. The maximum atomic E-state index is 12.3. The number of anilines is 1. The van der Waals surface area contributed by atoms with Crippen molar-refractivity contribution in [1.82, 2.24) is 16.0 Å². The monoisotopic (exact) mass is 499 g/mol. The van der Waals surface area contributed by atoms with Crippen LogP contribution in [0.15, 0.2) is 35.3 Å². The predicted octanol–water partition coefficient (Wildman–Crippen LogP) is 2.02. The van der Waals surface area contributed by atoms with Crippen molar-refractivity contribution < 1.29 is 9.59 Å². The maximum Gasteiger partial charge on any atom is 0.229 e. The Kier molecular flexibility index (Phi) is 9.01. The van der Waals surface area contributed by atoms with Crippen LogP contribution in [0.2, 0.25) is 0 Å². The van der Waals surface area contributed by atoms with Crippen molar-refractivity contribution in [2.24, 2.45) is 4.99 Å². The van der Waals surface area contributed by atoms with Crippen LogP contribution in [-0.4, -0.2) is 50.0 Å². The van der Waals surface area contributed by atoms with Gasteiger partial charge in [0.2, 0.25) is 11.8 Å². The van der Waals surface area contributed by atoms with Gasteiger partial charge in [0.25, 0.3) is 0 Å². The lowest BCUT2D eigenvalue weighted by Gasteiger charge is -2.19. The summed E-state index contributed by atoms with van der Waals surface area (Å²) < 4.78 is 0. The van der Waals surface area contributed by atoms with Gasteiger partial charge in [0.05, 0.1) is 6.04 Å². The van der Waals surface area contributed by atoms with Crippen LogP contribution < -0.4 is 20.9 Å². The second kappa shape index (κ2) is 11.2. The Bertz CT molecular complexity index is 676. The van der Waals surface area contributed by atoms with Crippen molar-refractivity contribution in [2.75, 3.05) is 25.0 Å². The zero-order valence-electron chi connectivity index (χ0n) is 16.3. The van der Waals surface area contributed by atoms with Crippen LogP contribution in [0, 0.1) is 0 Å². The van der Waals surface area contributed by atoms with E-state index in [0.29, 0.717) is 37.9 Å². The number of benzene rings is 1. The van der Waals surface area contributed by atoms with Gasteiger partial charge in [-0.2, -0.15) is 0 Å². The molecule has 1 aromatic carbocycles. The molecule has 0 bridgehead atoms. The third-order valence-corrected chi connectivity index (χ3v) is 5.12. The Morgan fingerprint density at radius 1 is 1.14 bits per heavy atom. The van der Waals surface area contributed by atoms with Crippen molar-refractivity contribution >= 4 is 47.4 Å². The van der Waals surface area contributed by atoms with E-state index in [2.05, 4.69) is 20.9 Å². The van der Waals surface area contributed by atoms with Gasteiger partial charge in [-0.15, -0.1) is 24.0 Å². The van der Waals surface area contributed by atoms with Gasteiger partial charge in [0.1, 0.15) is 0 Å². The molecule has 8 heteroatoms. The summed E-state index contributed by atoms with van der Waals surface area (Å²) >= 11 is 0. The van der Waals surface area contributed by atoms with Gasteiger partial charge in [-0.05, 0) is 25.0 Å². The highest BCUT2D eigenvalue weighted by atomic mass is 127. The number of hydrogen-bond donors (Lipinski definition) is 3. The van der Waals surface area contributed by atoms with E-state index < -0.39 is 0 Å². The average molecular weight is 499 g/mol. The minimum Gasteiger partial charge on any atom is -0.356 e. The zero-order chi connectivity index (χ0) is 19.1. The number of carbonyl (C=O) groups is 2. The number of amides is 2. The van der Waals surface area contributed by atoms with Gasteiger partial charge in [-0.1, -0.05) is 31.0 Å². The first-order valence-electron chi connectivity index (χ1n) is 9.77. The SMILES string of the molecule is CN=C(NCCC(=O)NC1CCCC1)NC1CC(=O)N(c2ccccc2)C1.I. The highest BCUT2D eigenvalue weighted by Crippen LogP contribution is 2.21. The van der Waals surface area contributed by atoms with Crippen LogP contribution in [0.1, 0.15) is 38.5 Å². The summed E-state index contributed by atoms with van der Waals surface area (Å²) in [6, 6.07) is 10.0. The molecule has 1 unspecified atom stereocenters. The fraction of sp³-hybridized carbons (Fsp3) is 0.550. The summed E-state index contributed by atoms with van der Waals surface area (Å²) in [6.45, 7) is 1.12. The molecule has 2 amide bonds. The van der Waals surface area contributed by atoms with Crippen LogP contribution in [-0.2, 0) is 9.59 Å². The van der Waals surface area contributed by atoms with E-state index in [-0.39, 0.29) is 41.8 Å². The Hall–Kier alpha value is -1.84. The minimum absolute atomic E-state index is 0. The second-order valence-electron chi connectivity index (χ2n) is 7.18. The molecule has 1 atom stereocenters. The molecule has 1 aromatic rings. The molecule has 1 heterocycles. The molecule has 28 heavy (non-hydrogen) atoms. The van der Waals surface area contributed by atoms with E-state index in [1.54, 1.807) is 11.9 Å². The fourth-order valence-electron chi connectivity index (χ4n) is 3.71. The third-order valence-electron chi connectivity index (χ3n) is 5.12. The number of halogens is 1. The van der Waals surface area contributed by atoms with Crippen molar-refractivity contribution in [3.05, 3.63) is 30.3 Å². The maximum absolute atomic E-state index is 12.3. The molecule has 1 saturated carbocycles. The number of nitrogens with zero attached hydrogens (tertiary/aromatic N) is 2. The van der Waals surface area contributed by atoms with E-state index in [1.807, 2.05) is 30.3 Å². The van der Waals surface area contributed by atoms with E-state index in [9.17, 15) is 9.59 Å². The van der Waals surface area contributed by atoms with E-state index in [1.165, 1.54) is 12.8 Å². The lowest BCUT2D eigenvalue weighted by atomic mass is 10.2. The first kappa shape index (κ1) is 22.4. The normalized spacial score (nSPS) is 20.0. The highest BCUT2D eigenvalue weighted by Gasteiger charge is 2.31. The lowest BCUT2D eigenvalue weighted by molar-refractivity contribution is -0.121. The largest absolute Gasteiger partial charge is 0.356 e. The Labute approximate surface area is 183 Å². The van der Waals surface area contributed by atoms with Gasteiger partial charge < -0.3 is 20.9 Å². The Balaban J connectivity index is 0.00000280. The minimum atomic E-state index is -0.00350. The van der Waals surface area contributed by atoms with Crippen LogP contribution in [0.3, 0.4) is 0 Å². The molecule has 0 spiro atoms. The molecular formula is C20H30IN5O2. The zero-order valence-corrected chi connectivity index (χ0v) is 18.6. The number of para-hydroxylation sites is 1. The Morgan fingerprint density at radius 3 is 2.54 bits per heavy atom. The topological polar surface area (TPSA) is 85.8 Å². The molecule has 1 aliphatic carbocycles. The number of guanidine groups is 1. The second-order valence-corrected chi connectivity index (χ2v) is 7.18. The molecule has 3 rings (SSSR count). The number of nitrogens with one attached hydrogen (secondary N) is 3. The van der Waals surface area contributed by atoms with Gasteiger partial charge in [-0.25, -0.2) is 0 Å². The predicted molar refractivity (Wildman–Crippen MR) is 122 cm³/mol. The average Bonchev–Trinajstić information content (AvgIpc) is 3.31. The number of rotatable bonds is 6. The van der Waals surface area contributed by atoms with Crippen molar-refractivity contribution in [3.63, 3.8) is 0 Å². The highest BCUT2D eigenvalue weighted by molar-refractivity contribution is 14.0. The first-order chi connectivity index (χ1) is 13.2. The molecular weight excluding hydrogens is 469 g/mol. The molecule has 2 aliphatic rings.